The number of carbonyl (C=O) groups is 2. The summed E-state index contributed by atoms with van der Waals surface area (Å²) >= 11 is 0. The smallest absolute Gasteiger partial charge is 0.338 e. The Bertz CT molecular complexity index is 813. The van der Waals surface area contributed by atoms with Crippen molar-refractivity contribution in [2.75, 3.05) is 5.32 Å². The van der Waals surface area contributed by atoms with E-state index >= 15 is 0 Å². The van der Waals surface area contributed by atoms with E-state index in [1.54, 1.807) is 12.1 Å². The number of likely N-dealkylation sites (tertiary alicyclic amines) is 1. The Balaban J connectivity index is 1.74. The summed E-state index contributed by atoms with van der Waals surface area (Å²) in [6.45, 7) is 8.06. The summed E-state index contributed by atoms with van der Waals surface area (Å²) in [5, 5.41) is 2.98. The molecule has 1 aliphatic heterocycles. The Morgan fingerprint density at radius 1 is 0.893 bits per heavy atom. The van der Waals surface area contributed by atoms with Crippen molar-refractivity contribution in [3.05, 3.63) is 66.2 Å². The third-order valence-corrected chi connectivity index (χ3v) is 5.18. The summed E-state index contributed by atoms with van der Waals surface area (Å²) in [6.07, 6.45) is 0.910. The zero-order valence-corrected chi connectivity index (χ0v) is 16.9. The van der Waals surface area contributed by atoms with Gasteiger partial charge in [0, 0.05) is 29.6 Å². The normalized spacial score (nSPS) is 18.4. The molecule has 0 saturated carbocycles. The number of ether oxygens (including phenoxy) is 1. The molecule has 28 heavy (non-hydrogen) atoms. The van der Waals surface area contributed by atoms with Crippen molar-refractivity contribution in [3.63, 3.8) is 0 Å². The highest BCUT2D eigenvalue weighted by Crippen LogP contribution is 2.40. The van der Waals surface area contributed by atoms with Gasteiger partial charge in [0.05, 0.1) is 5.56 Å². The first-order valence-electron chi connectivity index (χ1n) is 9.61. The molecule has 1 fully saturated rings. The molecule has 1 aliphatic rings. The Hall–Kier alpha value is -2.82. The molecule has 5 nitrogen and oxygen atoms in total. The van der Waals surface area contributed by atoms with Crippen molar-refractivity contribution in [1.82, 2.24) is 4.90 Å². The second-order valence-electron chi connectivity index (χ2n) is 8.56. The number of piperidine rings is 1. The molecule has 0 unspecified atom stereocenters. The van der Waals surface area contributed by atoms with Gasteiger partial charge in [-0.25, -0.2) is 9.59 Å². The third kappa shape index (κ3) is 4.35. The molecule has 0 aromatic heterocycles. The fraction of sp³-hybridized carbons (Fsp3) is 0.391. The van der Waals surface area contributed by atoms with Gasteiger partial charge in [0.15, 0.2) is 0 Å². The van der Waals surface area contributed by atoms with Crippen LogP contribution in [0.3, 0.4) is 0 Å². The van der Waals surface area contributed by atoms with Crippen LogP contribution in [0, 0.1) is 0 Å². The van der Waals surface area contributed by atoms with Gasteiger partial charge in [-0.05, 0) is 52.0 Å². The molecule has 148 valence electrons. The Labute approximate surface area is 166 Å². The molecule has 0 bridgehead atoms. The summed E-state index contributed by atoms with van der Waals surface area (Å²) in [5.74, 6) is -0.320. The predicted molar refractivity (Wildman–Crippen MR) is 110 cm³/mol. The number of esters is 1. The van der Waals surface area contributed by atoms with Crippen LogP contribution in [0.5, 0.6) is 0 Å². The van der Waals surface area contributed by atoms with E-state index in [0.29, 0.717) is 18.4 Å². The van der Waals surface area contributed by atoms with Crippen molar-refractivity contribution in [2.45, 2.75) is 57.7 Å². The molecule has 1 heterocycles. The second kappa shape index (κ2) is 7.66. The van der Waals surface area contributed by atoms with Gasteiger partial charge in [0.25, 0.3) is 0 Å². The van der Waals surface area contributed by atoms with Crippen molar-refractivity contribution in [3.8, 4) is 0 Å². The first-order valence-corrected chi connectivity index (χ1v) is 9.61. The van der Waals surface area contributed by atoms with Crippen LogP contribution in [-0.4, -0.2) is 34.1 Å². The van der Waals surface area contributed by atoms with Gasteiger partial charge in [-0.2, -0.15) is 0 Å². The number of para-hydroxylation sites is 1. The number of carbonyl (C=O) groups excluding carboxylic acids is 2. The van der Waals surface area contributed by atoms with Crippen LogP contribution in [0.1, 0.15) is 50.9 Å². The van der Waals surface area contributed by atoms with Crippen LogP contribution in [-0.2, 0) is 4.74 Å². The number of benzene rings is 2. The predicted octanol–water partition coefficient (Wildman–Crippen LogP) is 5.10. The second-order valence-corrected chi connectivity index (χ2v) is 8.56. The van der Waals surface area contributed by atoms with E-state index in [0.717, 1.165) is 5.69 Å². The monoisotopic (exact) mass is 380 g/mol. The molecule has 1 N–H and O–H groups in total. The van der Waals surface area contributed by atoms with E-state index in [-0.39, 0.29) is 18.1 Å². The number of hydrogen-bond donors (Lipinski definition) is 1. The van der Waals surface area contributed by atoms with Crippen LogP contribution in [0.25, 0.3) is 0 Å². The lowest BCUT2D eigenvalue weighted by molar-refractivity contribution is -0.0590. The number of nitrogens with one attached hydrogen (secondary N) is 1. The van der Waals surface area contributed by atoms with E-state index in [1.807, 2.05) is 81.1 Å². The van der Waals surface area contributed by atoms with Crippen LogP contribution >= 0.6 is 0 Å². The minimum atomic E-state index is -0.470. The van der Waals surface area contributed by atoms with Crippen molar-refractivity contribution >= 4 is 17.7 Å². The van der Waals surface area contributed by atoms with Gasteiger partial charge >= 0.3 is 12.0 Å². The van der Waals surface area contributed by atoms with Crippen LogP contribution in [0.15, 0.2) is 60.7 Å². The number of urea groups is 1. The van der Waals surface area contributed by atoms with Crippen molar-refractivity contribution < 1.29 is 14.3 Å². The van der Waals surface area contributed by atoms with Crippen molar-refractivity contribution in [1.29, 1.82) is 0 Å². The Morgan fingerprint density at radius 3 is 1.93 bits per heavy atom. The van der Waals surface area contributed by atoms with Gasteiger partial charge in [-0.1, -0.05) is 36.4 Å². The first-order chi connectivity index (χ1) is 13.2. The lowest BCUT2D eigenvalue weighted by atomic mass is 9.78. The molecular formula is C23H28N2O3. The standard InChI is InChI=1S/C23H28N2O3/c1-22(2)15-19(28-20(26)17-11-7-5-8-12-17)16-23(3,4)25(22)21(27)24-18-13-9-6-10-14-18/h5-14,19H,15-16H2,1-4H3,(H,24,27). The minimum Gasteiger partial charge on any atom is -0.459 e. The van der Waals surface area contributed by atoms with E-state index in [4.69, 9.17) is 4.74 Å². The molecule has 2 aromatic rings. The summed E-state index contributed by atoms with van der Waals surface area (Å²) in [4.78, 5) is 27.4. The van der Waals surface area contributed by atoms with Gasteiger partial charge in [0.2, 0.25) is 0 Å². The van der Waals surface area contributed by atoms with Crippen LogP contribution < -0.4 is 5.32 Å². The zero-order valence-electron chi connectivity index (χ0n) is 16.9. The van der Waals surface area contributed by atoms with E-state index < -0.39 is 11.1 Å². The molecule has 0 radical (unpaired) electrons. The molecular weight excluding hydrogens is 352 g/mol. The molecule has 0 atom stereocenters. The number of rotatable bonds is 3. The highest BCUT2D eigenvalue weighted by Gasteiger charge is 2.49. The van der Waals surface area contributed by atoms with Gasteiger partial charge < -0.3 is 15.0 Å². The fourth-order valence-corrected chi connectivity index (χ4v) is 4.32. The summed E-state index contributed by atoms with van der Waals surface area (Å²) in [6, 6.07) is 18.3. The topological polar surface area (TPSA) is 58.6 Å². The van der Waals surface area contributed by atoms with Crippen LogP contribution in [0.4, 0.5) is 10.5 Å². The lowest BCUT2D eigenvalue weighted by Crippen LogP contribution is -2.65. The SMILES string of the molecule is CC1(C)CC(OC(=O)c2ccccc2)CC(C)(C)N1C(=O)Nc1ccccc1. The maximum Gasteiger partial charge on any atom is 0.338 e. The average Bonchev–Trinajstić information content (AvgIpc) is 2.61. The fourth-order valence-electron chi connectivity index (χ4n) is 4.32. The number of hydrogen-bond acceptors (Lipinski definition) is 3. The van der Waals surface area contributed by atoms with E-state index in [2.05, 4.69) is 5.32 Å². The molecule has 2 aromatic carbocycles. The highest BCUT2D eigenvalue weighted by molar-refractivity contribution is 5.91. The van der Waals surface area contributed by atoms with Gasteiger partial charge in [-0.3, -0.25) is 0 Å². The van der Waals surface area contributed by atoms with Crippen molar-refractivity contribution in [2.24, 2.45) is 0 Å². The molecule has 2 amide bonds. The largest absolute Gasteiger partial charge is 0.459 e. The zero-order chi connectivity index (χ0) is 20.4. The Kier molecular flexibility index (Phi) is 5.45. The summed E-state index contributed by atoms with van der Waals surface area (Å²) in [5.41, 5.74) is 0.365. The minimum absolute atomic E-state index is 0.144. The Morgan fingerprint density at radius 2 is 1.39 bits per heavy atom. The van der Waals surface area contributed by atoms with Crippen LogP contribution in [0.2, 0.25) is 0 Å². The molecule has 0 spiro atoms. The van der Waals surface area contributed by atoms with E-state index in [1.165, 1.54) is 0 Å². The average molecular weight is 380 g/mol. The molecule has 0 aliphatic carbocycles. The highest BCUT2D eigenvalue weighted by atomic mass is 16.5. The summed E-state index contributed by atoms with van der Waals surface area (Å²) < 4.78 is 5.80. The van der Waals surface area contributed by atoms with E-state index in [9.17, 15) is 9.59 Å². The number of anilines is 1. The maximum atomic E-state index is 13.1. The van der Waals surface area contributed by atoms with Gasteiger partial charge in [0.1, 0.15) is 6.10 Å². The molecule has 3 rings (SSSR count). The molecule has 1 saturated heterocycles. The molecule has 5 heteroatoms. The lowest BCUT2D eigenvalue weighted by Gasteiger charge is -2.54. The third-order valence-electron chi connectivity index (χ3n) is 5.18. The van der Waals surface area contributed by atoms with Gasteiger partial charge in [-0.15, -0.1) is 0 Å². The quantitative estimate of drug-likeness (QED) is 0.754. The summed E-state index contributed by atoms with van der Waals surface area (Å²) in [7, 11) is 0. The number of nitrogens with zero attached hydrogens (tertiary/aromatic N) is 1. The maximum absolute atomic E-state index is 13.1. The number of amides is 2. The first kappa shape index (κ1) is 19.9.